The molecule has 1 saturated carbocycles. The van der Waals surface area contributed by atoms with Crippen LogP contribution in [-0.4, -0.2) is 7.11 Å². The van der Waals surface area contributed by atoms with Gasteiger partial charge in [-0.1, -0.05) is 13.0 Å². The topological polar surface area (TPSA) is 9.23 Å². The molecule has 0 radical (unpaired) electrons. The van der Waals surface area contributed by atoms with Crippen molar-refractivity contribution in [2.45, 2.75) is 25.6 Å². The van der Waals surface area contributed by atoms with Crippen molar-refractivity contribution < 1.29 is 4.74 Å². The lowest BCUT2D eigenvalue weighted by molar-refractivity contribution is 0.414. The molecule has 82 valence electrons. The number of hydrogen-bond acceptors (Lipinski definition) is 1. The normalized spacial score (nSPS) is 26.1. The number of hydrogen-bond donors (Lipinski definition) is 0. The number of rotatable bonds is 3. The van der Waals surface area contributed by atoms with Crippen LogP contribution in [0.1, 0.15) is 29.8 Å². The van der Waals surface area contributed by atoms with Crippen LogP contribution in [0.3, 0.4) is 0 Å². The smallest absolute Gasteiger partial charge is 0.119 e. The van der Waals surface area contributed by atoms with Crippen LogP contribution in [0, 0.1) is 18.8 Å². The molecular weight excluding hydrogens is 208 g/mol. The summed E-state index contributed by atoms with van der Waals surface area (Å²) in [6.07, 6.45) is 1.26. The Morgan fingerprint density at radius 1 is 1.47 bits per heavy atom. The summed E-state index contributed by atoms with van der Waals surface area (Å²) in [7, 11) is 1.69. The fourth-order valence-electron chi connectivity index (χ4n) is 2.07. The van der Waals surface area contributed by atoms with Crippen LogP contribution in [0.15, 0.2) is 18.2 Å². The molecule has 1 aromatic carbocycles. The highest BCUT2D eigenvalue weighted by atomic mass is 35.5. The molecule has 15 heavy (non-hydrogen) atoms. The zero-order valence-electron chi connectivity index (χ0n) is 9.46. The third-order valence-electron chi connectivity index (χ3n) is 3.32. The van der Waals surface area contributed by atoms with Crippen LogP contribution in [0.2, 0.25) is 0 Å². The Labute approximate surface area is 96.4 Å². The summed E-state index contributed by atoms with van der Waals surface area (Å²) >= 11 is 6.46. The first-order valence-corrected chi connectivity index (χ1v) is 5.85. The van der Waals surface area contributed by atoms with Crippen LogP contribution in [-0.2, 0) is 0 Å². The average Bonchev–Trinajstić information content (AvgIpc) is 2.94. The minimum Gasteiger partial charge on any atom is -0.497 e. The molecule has 3 unspecified atom stereocenters. The average molecular weight is 225 g/mol. The van der Waals surface area contributed by atoms with Crippen molar-refractivity contribution in [1.82, 2.24) is 0 Å². The highest BCUT2D eigenvalue weighted by Crippen LogP contribution is 2.50. The van der Waals surface area contributed by atoms with E-state index in [4.69, 9.17) is 16.3 Å². The van der Waals surface area contributed by atoms with E-state index in [0.717, 1.165) is 11.7 Å². The molecule has 0 spiro atoms. The Kier molecular flexibility index (Phi) is 2.92. The van der Waals surface area contributed by atoms with E-state index in [9.17, 15) is 0 Å². The molecule has 1 aliphatic rings. The van der Waals surface area contributed by atoms with Crippen LogP contribution in [0.4, 0.5) is 0 Å². The first-order valence-electron chi connectivity index (χ1n) is 5.42. The highest BCUT2D eigenvalue weighted by molar-refractivity contribution is 6.21. The molecule has 0 heterocycles. The van der Waals surface area contributed by atoms with Crippen LogP contribution in [0.5, 0.6) is 5.75 Å². The zero-order chi connectivity index (χ0) is 11.0. The van der Waals surface area contributed by atoms with Crippen LogP contribution in [0.25, 0.3) is 0 Å². The van der Waals surface area contributed by atoms with Gasteiger partial charge in [-0.15, -0.1) is 11.6 Å². The Morgan fingerprint density at radius 3 is 2.60 bits per heavy atom. The molecule has 0 saturated heterocycles. The Balaban J connectivity index is 2.21. The van der Waals surface area contributed by atoms with Gasteiger partial charge in [-0.25, -0.2) is 0 Å². The van der Waals surface area contributed by atoms with Gasteiger partial charge in [-0.2, -0.15) is 0 Å². The van der Waals surface area contributed by atoms with E-state index < -0.39 is 0 Å². The monoisotopic (exact) mass is 224 g/mol. The standard InChI is InChI=1S/C13H17ClO/c1-8-6-10(15-3)4-5-11(8)13(14)12-7-9(12)2/h4-6,9,12-13H,7H2,1-3H3. The summed E-state index contributed by atoms with van der Waals surface area (Å²) in [6.45, 7) is 4.36. The second-order valence-electron chi connectivity index (χ2n) is 4.50. The Morgan fingerprint density at radius 2 is 2.13 bits per heavy atom. The first-order chi connectivity index (χ1) is 7.13. The number of methoxy groups -OCH3 is 1. The minimum atomic E-state index is 0.172. The molecule has 0 aliphatic heterocycles. The van der Waals surface area contributed by atoms with Gasteiger partial charge >= 0.3 is 0 Å². The van der Waals surface area contributed by atoms with Crippen molar-refractivity contribution in [3.63, 3.8) is 0 Å². The molecule has 1 nitrogen and oxygen atoms in total. The molecule has 2 heteroatoms. The quantitative estimate of drug-likeness (QED) is 0.707. The van der Waals surface area contributed by atoms with E-state index >= 15 is 0 Å². The Hall–Kier alpha value is -0.690. The number of ether oxygens (including phenoxy) is 1. The predicted octanol–water partition coefficient (Wildman–Crippen LogP) is 3.94. The summed E-state index contributed by atoms with van der Waals surface area (Å²) in [6, 6.07) is 6.14. The predicted molar refractivity (Wildman–Crippen MR) is 63.6 cm³/mol. The van der Waals surface area contributed by atoms with Gasteiger partial charge in [0.1, 0.15) is 5.75 Å². The van der Waals surface area contributed by atoms with Crippen molar-refractivity contribution in [2.75, 3.05) is 7.11 Å². The van der Waals surface area contributed by atoms with E-state index in [0.29, 0.717) is 5.92 Å². The highest BCUT2D eigenvalue weighted by Gasteiger charge is 2.39. The number of aryl methyl sites for hydroxylation is 1. The molecule has 1 aromatic rings. The van der Waals surface area contributed by atoms with Gasteiger partial charge in [0, 0.05) is 0 Å². The van der Waals surface area contributed by atoms with Gasteiger partial charge in [0.05, 0.1) is 12.5 Å². The number of alkyl halides is 1. The lowest BCUT2D eigenvalue weighted by Crippen LogP contribution is -1.98. The Bertz CT molecular complexity index is 362. The second kappa shape index (κ2) is 4.05. The second-order valence-corrected chi connectivity index (χ2v) is 4.97. The summed E-state index contributed by atoms with van der Waals surface area (Å²) in [4.78, 5) is 0. The number of benzene rings is 1. The molecule has 0 aromatic heterocycles. The van der Waals surface area contributed by atoms with Gasteiger partial charge in [-0.3, -0.25) is 0 Å². The van der Waals surface area contributed by atoms with Gasteiger partial charge < -0.3 is 4.74 Å². The largest absolute Gasteiger partial charge is 0.497 e. The summed E-state index contributed by atoms with van der Waals surface area (Å²) in [5, 5.41) is 0.172. The fourth-order valence-corrected chi connectivity index (χ4v) is 2.67. The molecule has 2 rings (SSSR count). The summed E-state index contributed by atoms with van der Waals surface area (Å²) in [5.41, 5.74) is 2.49. The van der Waals surface area contributed by atoms with E-state index in [2.05, 4.69) is 26.0 Å². The maximum absolute atomic E-state index is 6.46. The molecule has 1 aliphatic carbocycles. The van der Waals surface area contributed by atoms with Crippen LogP contribution >= 0.6 is 11.6 Å². The van der Waals surface area contributed by atoms with Crippen LogP contribution < -0.4 is 4.74 Å². The zero-order valence-corrected chi connectivity index (χ0v) is 10.2. The fraction of sp³-hybridized carbons (Fsp3) is 0.538. The lowest BCUT2D eigenvalue weighted by Gasteiger charge is -2.13. The van der Waals surface area contributed by atoms with E-state index in [-0.39, 0.29) is 5.38 Å². The molecule has 1 fully saturated rings. The molecule has 0 amide bonds. The van der Waals surface area contributed by atoms with Gasteiger partial charge in [-0.05, 0) is 48.4 Å². The van der Waals surface area contributed by atoms with Gasteiger partial charge in [0.2, 0.25) is 0 Å². The molecule has 3 atom stereocenters. The van der Waals surface area contributed by atoms with Crippen molar-refractivity contribution in [3.05, 3.63) is 29.3 Å². The van der Waals surface area contributed by atoms with E-state index in [1.807, 2.05) is 6.07 Å². The minimum absolute atomic E-state index is 0.172. The van der Waals surface area contributed by atoms with Crippen molar-refractivity contribution in [1.29, 1.82) is 0 Å². The lowest BCUT2D eigenvalue weighted by atomic mass is 10.0. The summed E-state index contributed by atoms with van der Waals surface area (Å²) < 4.78 is 5.18. The molecular formula is C13H17ClO. The molecule has 0 bridgehead atoms. The van der Waals surface area contributed by atoms with Crippen molar-refractivity contribution in [2.24, 2.45) is 11.8 Å². The number of halogens is 1. The van der Waals surface area contributed by atoms with E-state index in [1.54, 1.807) is 7.11 Å². The summed E-state index contributed by atoms with van der Waals surface area (Å²) in [5.74, 6) is 2.36. The maximum atomic E-state index is 6.46. The SMILES string of the molecule is COc1ccc(C(Cl)C2CC2C)c(C)c1. The van der Waals surface area contributed by atoms with E-state index in [1.165, 1.54) is 17.5 Å². The third kappa shape index (κ3) is 2.12. The maximum Gasteiger partial charge on any atom is 0.119 e. The van der Waals surface area contributed by atoms with Crippen molar-refractivity contribution >= 4 is 11.6 Å². The third-order valence-corrected chi connectivity index (χ3v) is 3.88. The van der Waals surface area contributed by atoms with Crippen molar-refractivity contribution in [3.8, 4) is 5.75 Å². The van der Waals surface area contributed by atoms with Gasteiger partial charge in [0.25, 0.3) is 0 Å². The first kappa shape index (κ1) is 10.8. The molecule has 0 N–H and O–H groups in total. The van der Waals surface area contributed by atoms with Gasteiger partial charge in [0.15, 0.2) is 0 Å².